The summed E-state index contributed by atoms with van der Waals surface area (Å²) in [6.07, 6.45) is 0.0923. The van der Waals surface area contributed by atoms with Crippen molar-refractivity contribution in [1.29, 1.82) is 0 Å². The van der Waals surface area contributed by atoms with Crippen LogP contribution < -0.4 is 10.5 Å². The summed E-state index contributed by atoms with van der Waals surface area (Å²) in [6.45, 7) is 1.80. The van der Waals surface area contributed by atoms with Crippen LogP contribution in [0.1, 0.15) is 35.3 Å². The number of H-pyrrole nitrogens is 1. The quantitative estimate of drug-likeness (QED) is 0.605. The Kier molecular flexibility index (Phi) is 6.12. The molecule has 0 radical (unpaired) electrons. The van der Waals surface area contributed by atoms with Crippen molar-refractivity contribution in [3.8, 4) is 0 Å². The molecule has 0 fully saturated rings. The van der Waals surface area contributed by atoms with Gasteiger partial charge in [-0.1, -0.05) is 19.1 Å². The zero-order chi connectivity index (χ0) is 19.5. The van der Waals surface area contributed by atoms with Crippen LogP contribution in [-0.2, 0) is 0 Å². The van der Waals surface area contributed by atoms with Gasteiger partial charge < -0.3 is 4.90 Å². The average Bonchev–Trinajstić information content (AvgIpc) is 2.53. The van der Waals surface area contributed by atoms with Crippen LogP contribution in [0, 0.1) is 0 Å². The number of rotatable bonds is 6. The summed E-state index contributed by atoms with van der Waals surface area (Å²) in [5.41, 5.74) is -3.96. The minimum atomic E-state index is -4.33. The van der Waals surface area contributed by atoms with Gasteiger partial charge in [-0.3, -0.25) is 14.6 Å². The zero-order valence-corrected chi connectivity index (χ0v) is 15.2. The lowest BCUT2D eigenvalue weighted by Crippen LogP contribution is -2.21. The fourth-order valence-corrected chi connectivity index (χ4v) is 2.84. The minimum Gasteiger partial charge on any atom is -0.348 e. The molecular formula is C17H18F3N3O2S. The van der Waals surface area contributed by atoms with E-state index in [-0.39, 0.29) is 46.4 Å². The number of benzene rings is 1. The standard InChI is InChI=1S/C17H18F3N3O2S/c1-10(11-4-6-12(7-5-11)26-17(18,19)20)8-14(24)13-9-15(25)22-16(21-13)23(2)3/h4-7,9-10H,8H2,1-3H3,(H,21,22,25)/t10-/m0/s1. The van der Waals surface area contributed by atoms with E-state index in [9.17, 15) is 22.8 Å². The second-order valence-electron chi connectivity index (χ2n) is 5.99. The van der Waals surface area contributed by atoms with Crippen molar-refractivity contribution in [3.05, 3.63) is 51.9 Å². The lowest BCUT2D eigenvalue weighted by Gasteiger charge is -2.14. The number of nitrogens with one attached hydrogen (secondary N) is 1. The molecular weight excluding hydrogens is 367 g/mol. The van der Waals surface area contributed by atoms with E-state index in [0.717, 1.165) is 11.6 Å². The number of aromatic amines is 1. The molecule has 1 atom stereocenters. The molecule has 5 nitrogen and oxygen atoms in total. The molecule has 9 heteroatoms. The zero-order valence-electron chi connectivity index (χ0n) is 14.4. The summed E-state index contributed by atoms with van der Waals surface area (Å²) in [4.78, 5) is 32.4. The van der Waals surface area contributed by atoms with Crippen LogP contribution in [0.3, 0.4) is 0 Å². The number of carbonyl (C=O) groups is 1. The van der Waals surface area contributed by atoms with Crippen molar-refractivity contribution in [3.63, 3.8) is 0 Å². The number of halogens is 3. The first-order valence-electron chi connectivity index (χ1n) is 7.73. The number of hydrogen-bond donors (Lipinski definition) is 1. The van der Waals surface area contributed by atoms with E-state index in [1.54, 1.807) is 38.1 Å². The van der Waals surface area contributed by atoms with Crippen molar-refractivity contribution in [2.45, 2.75) is 29.7 Å². The van der Waals surface area contributed by atoms with E-state index in [2.05, 4.69) is 9.97 Å². The first-order valence-corrected chi connectivity index (χ1v) is 8.54. The van der Waals surface area contributed by atoms with Crippen molar-refractivity contribution < 1.29 is 18.0 Å². The number of aromatic nitrogens is 2. The van der Waals surface area contributed by atoms with Gasteiger partial charge in [0.05, 0.1) is 0 Å². The molecule has 0 saturated heterocycles. The third-order valence-electron chi connectivity index (χ3n) is 3.61. The van der Waals surface area contributed by atoms with Crippen molar-refractivity contribution in [1.82, 2.24) is 9.97 Å². The molecule has 1 heterocycles. The maximum Gasteiger partial charge on any atom is 0.446 e. The SMILES string of the molecule is C[C@@H](CC(=O)c1cc(=O)[nH]c(N(C)C)n1)c1ccc(SC(F)(F)F)cc1. The summed E-state index contributed by atoms with van der Waals surface area (Å²) in [5, 5.41) is 0. The maximum atomic E-state index is 12.4. The third kappa shape index (κ3) is 5.62. The summed E-state index contributed by atoms with van der Waals surface area (Å²) in [6, 6.07) is 7.05. The average molecular weight is 385 g/mol. The highest BCUT2D eigenvalue weighted by molar-refractivity contribution is 8.00. The fraction of sp³-hybridized carbons (Fsp3) is 0.353. The number of hydrogen-bond acceptors (Lipinski definition) is 5. The number of thioether (sulfide) groups is 1. The van der Waals surface area contributed by atoms with Gasteiger partial charge in [-0.25, -0.2) is 4.98 Å². The minimum absolute atomic E-state index is 0.0635. The predicted octanol–water partition coefficient (Wildman–Crippen LogP) is 3.82. The predicted molar refractivity (Wildman–Crippen MR) is 94.9 cm³/mol. The highest BCUT2D eigenvalue weighted by Gasteiger charge is 2.29. The van der Waals surface area contributed by atoms with Gasteiger partial charge in [0.25, 0.3) is 5.56 Å². The molecule has 0 aliphatic rings. The number of carbonyl (C=O) groups excluding carboxylic acids is 1. The second-order valence-corrected chi connectivity index (χ2v) is 7.13. The van der Waals surface area contributed by atoms with Gasteiger partial charge in [-0.2, -0.15) is 13.2 Å². The topological polar surface area (TPSA) is 66.1 Å². The molecule has 0 saturated carbocycles. The molecule has 26 heavy (non-hydrogen) atoms. The highest BCUT2D eigenvalue weighted by Crippen LogP contribution is 2.37. The molecule has 0 bridgehead atoms. The number of nitrogens with zero attached hydrogens (tertiary/aromatic N) is 2. The van der Waals surface area contributed by atoms with Gasteiger partial charge in [0.1, 0.15) is 5.69 Å². The van der Waals surface area contributed by atoms with Gasteiger partial charge >= 0.3 is 5.51 Å². The van der Waals surface area contributed by atoms with E-state index in [1.807, 2.05) is 0 Å². The molecule has 1 aromatic heterocycles. The van der Waals surface area contributed by atoms with Crippen LogP contribution in [-0.4, -0.2) is 35.4 Å². The van der Waals surface area contributed by atoms with E-state index < -0.39 is 11.1 Å². The fourth-order valence-electron chi connectivity index (χ4n) is 2.30. The normalized spacial score (nSPS) is 12.7. The molecule has 1 N–H and O–H groups in total. The summed E-state index contributed by atoms with van der Waals surface area (Å²) < 4.78 is 37.1. The smallest absolute Gasteiger partial charge is 0.348 e. The molecule has 2 rings (SSSR count). The first kappa shape index (κ1) is 20.0. The van der Waals surface area contributed by atoms with Crippen LogP contribution in [0.5, 0.6) is 0 Å². The van der Waals surface area contributed by atoms with E-state index in [1.165, 1.54) is 12.1 Å². The Bertz CT molecular complexity index is 832. The van der Waals surface area contributed by atoms with Gasteiger partial charge in [0, 0.05) is 31.5 Å². The molecule has 0 spiro atoms. The van der Waals surface area contributed by atoms with Crippen LogP contribution >= 0.6 is 11.8 Å². The molecule has 0 unspecified atom stereocenters. The first-order chi connectivity index (χ1) is 12.0. The molecule has 0 aliphatic heterocycles. The lowest BCUT2D eigenvalue weighted by molar-refractivity contribution is -0.0328. The Morgan fingerprint density at radius 2 is 1.88 bits per heavy atom. The van der Waals surface area contributed by atoms with E-state index in [0.29, 0.717) is 0 Å². The summed E-state index contributed by atoms with van der Waals surface area (Å²) >= 11 is -0.182. The largest absolute Gasteiger partial charge is 0.446 e. The van der Waals surface area contributed by atoms with Gasteiger partial charge in [-0.15, -0.1) is 0 Å². The van der Waals surface area contributed by atoms with E-state index >= 15 is 0 Å². The van der Waals surface area contributed by atoms with Crippen LogP contribution in [0.2, 0.25) is 0 Å². The van der Waals surface area contributed by atoms with E-state index in [4.69, 9.17) is 0 Å². The third-order valence-corrected chi connectivity index (χ3v) is 4.35. The monoisotopic (exact) mass is 385 g/mol. The summed E-state index contributed by atoms with van der Waals surface area (Å²) in [5.74, 6) is -0.251. The van der Waals surface area contributed by atoms with Crippen molar-refractivity contribution in [2.24, 2.45) is 0 Å². The molecule has 0 aliphatic carbocycles. The van der Waals surface area contributed by atoms with Crippen LogP contribution in [0.25, 0.3) is 0 Å². The number of Topliss-reactive ketones (excluding diaryl/α,β-unsaturated/α-hetero) is 1. The molecule has 140 valence electrons. The van der Waals surface area contributed by atoms with Gasteiger partial charge in [-0.05, 0) is 35.4 Å². The second kappa shape index (κ2) is 7.94. The Morgan fingerprint density at radius 3 is 2.42 bits per heavy atom. The molecule has 2 aromatic rings. The number of alkyl halides is 3. The molecule has 0 amide bonds. The summed E-state index contributed by atoms with van der Waals surface area (Å²) in [7, 11) is 3.38. The maximum absolute atomic E-state index is 12.4. The van der Waals surface area contributed by atoms with Gasteiger partial charge in [0.2, 0.25) is 5.95 Å². The Hall–Kier alpha value is -2.29. The van der Waals surface area contributed by atoms with Crippen molar-refractivity contribution >= 4 is 23.5 Å². The lowest BCUT2D eigenvalue weighted by atomic mass is 9.95. The number of ketones is 1. The molecule has 1 aromatic carbocycles. The van der Waals surface area contributed by atoms with Crippen molar-refractivity contribution in [2.75, 3.05) is 19.0 Å². The Balaban J connectivity index is 2.11. The Labute approximate surface area is 152 Å². The van der Waals surface area contributed by atoms with Crippen LogP contribution in [0.15, 0.2) is 40.0 Å². The number of anilines is 1. The Morgan fingerprint density at radius 1 is 1.27 bits per heavy atom. The van der Waals surface area contributed by atoms with Crippen LogP contribution in [0.4, 0.5) is 19.1 Å². The van der Waals surface area contributed by atoms with Gasteiger partial charge in [0.15, 0.2) is 5.78 Å². The highest BCUT2D eigenvalue weighted by atomic mass is 32.2.